The number of amides is 1. The van der Waals surface area contributed by atoms with Crippen LogP contribution in [0, 0.1) is 6.92 Å². The quantitative estimate of drug-likeness (QED) is 0.832. The van der Waals surface area contributed by atoms with E-state index in [9.17, 15) is 4.79 Å². The second-order valence-electron chi connectivity index (χ2n) is 6.45. The topological polar surface area (TPSA) is 72.3 Å². The van der Waals surface area contributed by atoms with E-state index in [4.69, 9.17) is 4.74 Å². The van der Waals surface area contributed by atoms with Crippen molar-refractivity contribution in [3.05, 3.63) is 41.7 Å². The Morgan fingerprint density at radius 2 is 2.00 bits per heavy atom. The Labute approximate surface area is 160 Å². The van der Waals surface area contributed by atoms with Crippen LogP contribution < -0.4 is 10.1 Å². The first-order valence-corrected chi connectivity index (χ1v) is 8.71. The largest absolute Gasteiger partial charge is 0.492 e. The lowest BCUT2D eigenvalue weighted by atomic mass is 10.1. The van der Waals surface area contributed by atoms with Gasteiger partial charge >= 0.3 is 0 Å². The van der Waals surface area contributed by atoms with E-state index in [1.54, 1.807) is 18.1 Å². The van der Waals surface area contributed by atoms with E-state index in [0.29, 0.717) is 24.9 Å². The molecule has 1 aromatic carbocycles. The highest BCUT2D eigenvalue weighted by Gasteiger charge is 2.20. The fraction of sp³-hybridized carbons (Fsp3) is 0.500. The highest BCUT2D eigenvalue weighted by atomic mass is 35.5. The van der Waals surface area contributed by atoms with Crippen molar-refractivity contribution < 1.29 is 9.53 Å². The van der Waals surface area contributed by atoms with Gasteiger partial charge in [0.15, 0.2) is 5.69 Å². The van der Waals surface area contributed by atoms with Gasteiger partial charge < -0.3 is 15.0 Å². The van der Waals surface area contributed by atoms with Gasteiger partial charge in [-0.3, -0.25) is 4.79 Å². The molecule has 0 bridgehead atoms. The molecular formula is C18H26ClN5O2. The number of halogens is 1. The zero-order chi connectivity index (χ0) is 17.6. The number of carbonyl (C=O) groups excluding carboxylic acids is 1. The van der Waals surface area contributed by atoms with Gasteiger partial charge in [0.1, 0.15) is 12.4 Å². The maximum atomic E-state index is 12.5. The zero-order valence-electron chi connectivity index (χ0n) is 15.2. The number of ether oxygens (including phenoxy) is 1. The normalized spacial score (nSPS) is 14.5. The second kappa shape index (κ2) is 9.54. The van der Waals surface area contributed by atoms with Crippen molar-refractivity contribution in [2.45, 2.75) is 25.8 Å². The van der Waals surface area contributed by atoms with Crippen molar-refractivity contribution in [1.29, 1.82) is 0 Å². The van der Waals surface area contributed by atoms with Crippen LogP contribution in [0.1, 0.15) is 34.9 Å². The van der Waals surface area contributed by atoms with E-state index in [2.05, 4.69) is 15.6 Å². The number of aryl methyl sites for hydroxylation is 1. The lowest BCUT2D eigenvalue weighted by Gasteiger charge is -2.22. The molecule has 1 saturated heterocycles. The molecule has 8 heteroatoms. The molecule has 26 heavy (non-hydrogen) atoms. The number of likely N-dealkylation sites (N-methyl/N-ethyl adjacent to an activating group) is 1. The van der Waals surface area contributed by atoms with Crippen LogP contribution in [0.15, 0.2) is 30.5 Å². The fourth-order valence-electron chi connectivity index (χ4n) is 2.86. The number of aromatic nitrogens is 3. The Balaban J connectivity index is 0.00000243. The third-order valence-corrected chi connectivity index (χ3v) is 4.48. The Bertz CT molecular complexity index is 698. The van der Waals surface area contributed by atoms with E-state index < -0.39 is 0 Å². The predicted molar refractivity (Wildman–Crippen MR) is 102 cm³/mol. The molecule has 1 fully saturated rings. The average Bonchev–Trinajstić information content (AvgIpc) is 3.13. The van der Waals surface area contributed by atoms with Gasteiger partial charge in [0.05, 0.1) is 18.8 Å². The molecule has 1 aromatic heterocycles. The molecule has 0 aliphatic carbocycles. The van der Waals surface area contributed by atoms with Gasteiger partial charge in [0.25, 0.3) is 5.91 Å². The van der Waals surface area contributed by atoms with E-state index in [1.165, 1.54) is 5.56 Å². The summed E-state index contributed by atoms with van der Waals surface area (Å²) < 4.78 is 7.50. The lowest BCUT2D eigenvalue weighted by Crippen LogP contribution is -2.31. The molecular weight excluding hydrogens is 354 g/mol. The van der Waals surface area contributed by atoms with Crippen LogP contribution in [-0.4, -0.2) is 59.1 Å². The molecule has 0 saturated carbocycles. The molecule has 1 aliphatic rings. The number of hydrogen-bond acceptors (Lipinski definition) is 5. The third-order valence-electron chi connectivity index (χ3n) is 4.48. The summed E-state index contributed by atoms with van der Waals surface area (Å²) in [4.78, 5) is 14.1. The minimum Gasteiger partial charge on any atom is -0.492 e. The summed E-state index contributed by atoms with van der Waals surface area (Å²) in [7, 11) is 1.75. The summed E-state index contributed by atoms with van der Waals surface area (Å²) in [6.45, 7) is 4.92. The van der Waals surface area contributed by atoms with Crippen LogP contribution in [0.25, 0.3) is 0 Å². The van der Waals surface area contributed by atoms with Crippen LogP contribution in [0.3, 0.4) is 0 Å². The molecule has 3 rings (SSSR count). The van der Waals surface area contributed by atoms with Gasteiger partial charge in [-0.25, -0.2) is 4.68 Å². The molecule has 0 spiro atoms. The number of hydrogen-bond donors (Lipinski definition) is 1. The number of rotatable bonds is 6. The fourth-order valence-corrected chi connectivity index (χ4v) is 2.86. The highest BCUT2D eigenvalue weighted by Crippen LogP contribution is 2.17. The third kappa shape index (κ3) is 5.19. The van der Waals surface area contributed by atoms with Crippen molar-refractivity contribution in [1.82, 2.24) is 25.2 Å². The minimum absolute atomic E-state index is 0. The Kier molecular flexibility index (Phi) is 7.41. The van der Waals surface area contributed by atoms with Crippen LogP contribution in [0.4, 0.5) is 0 Å². The maximum absolute atomic E-state index is 12.5. The van der Waals surface area contributed by atoms with E-state index in [-0.39, 0.29) is 18.3 Å². The van der Waals surface area contributed by atoms with Gasteiger partial charge in [-0.15, -0.1) is 17.5 Å². The monoisotopic (exact) mass is 379 g/mol. The first kappa shape index (κ1) is 20.2. The minimum atomic E-state index is -0.132. The van der Waals surface area contributed by atoms with Gasteiger partial charge in [0.2, 0.25) is 0 Å². The number of carbonyl (C=O) groups is 1. The summed E-state index contributed by atoms with van der Waals surface area (Å²) in [5.74, 6) is 0.677. The Morgan fingerprint density at radius 3 is 2.69 bits per heavy atom. The van der Waals surface area contributed by atoms with Gasteiger partial charge in [-0.2, -0.15) is 0 Å². The van der Waals surface area contributed by atoms with Crippen molar-refractivity contribution in [3.8, 4) is 5.75 Å². The lowest BCUT2D eigenvalue weighted by molar-refractivity contribution is 0.0768. The Hall–Kier alpha value is -2.12. The molecule has 1 aliphatic heterocycles. The van der Waals surface area contributed by atoms with E-state index >= 15 is 0 Å². The number of nitrogens with zero attached hydrogens (tertiary/aromatic N) is 4. The molecule has 7 nitrogen and oxygen atoms in total. The molecule has 0 atom stereocenters. The first-order valence-electron chi connectivity index (χ1n) is 8.71. The van der Waals surface area contributed by atoms with Crippen LogP contribution >= 0.6 is 12.4 Å². The van der Waals surface area contributed by atoms with Crippen molar-refractivity contribution in [2.24, 2.45) is 0 Å². The van der Waals surface area contributed by atoms with Crippen LogP contribution in [0.5, 0.6) is 5.75 Å². The summed E-state index contributed by atoms with van der Waals surface area (Å²) in [5, 5.41) is 11.5. The van der Waals surface area contributed by atoms with Gasteiger partial charge in [-0.1, -0.05) is 22.9 Å². The van der Waals surface area contributed by atoms with Crippen LogP contribution in [0.2, 0.25) is 0 Å². The van der Waals surface area contributed by atoms with Crippen molar-refractivity contribution in [3.63, 3.8) is 0 Å². The van der Waals surface area contributed by atoms with Crippen LogP contribution in [-0.2, 0) is 0 Å². The molecule has 142 valence electrons. The highest BCUT2D eigenvalue weighted by molar-refractivity contribution is 5.91. The van der Waals surface area contributed by atoms with E-state index in [1.807, 2.05) is 35.9 Å². The average molecular weight is 380 g/mol. The summed E-state index contributed by atoms with van der Waals surface area (Å²) in [6, 6.07) is 8.20. The standard InChI is InChI=1S/C18H25N5O2.ClH/c1-14-3-5-16(6-4-14)25-12-11-22(2)18(24)17-13-23(21-20-17)15-7-9-19-10-8-15;/h3-6,13,15,19H,7-12H2,1-2H3;1H. The van der Waals surface area contributed by atoms with Gasteiger partial charge in [0, 0.05) is 7.05 Å². The van der Waals surface area contributed by atoms with Crippen molar-refractivity contribution in [2.75, 3.05) is 33.3 Å². The summed E-state index contributed by atoms with van der Waals surface area (Å²) in [6.07, 6.45) is 3.78. The van der Waals surface area contributed by atoms with E-state index in [0.717, 1.165) is 31.7 Å². The van der Waals surface area contributed by atoms with Gasteiger partial charge in [-0.05, 0) is 45.0 Å². The SMILES string of the molecule is Cc1ccc(OCCN(C)C(=O)c2cn(C3CCNCC3)nn2)cc1.Cl. The molecule has 0 unspecified atom stereocenters. The smallest absolute Gasteiger partial charge is 0.275 e. The zero-order valence-corrected chi connectivity index (χ0v) is 16.0. The Morgan fingerprint density at radius 1 is 1.31 bits per heavy atom. The maximum Gasteiger partial charge on any atom is 0.275 e. The molecule has 2 heterocycles. The molecule has 2 aromatic rings. The summed E-state index contributed by atoms with van der Waals surface area (Å²) >= 11 is 0. The molecule has 1 amide bonds. The first-order chi connectivity index (χ1) is 12.1. The second-order valence-corrected chi connectivity index (χ2v) is 6.45. The number of benzene rings is 1. The number of nitrogens with one attached hydrogen (secondary N) is 1. The van der Waals surface area contributed by atoms with Crippen molar-refractivity contribution >= 4 is 18.3 Å². The summed E-state index contributed by atoms with van der Waals surface area (Å²) in [5.41, 5.74) is 1.58. The predicted octanol–water partition coefficient (Wildman–Crippen LogP) is 2.08. The molecule has 1 N–H and O–H groups in total. The number of piperidine rings is 1. The molecule has 0 radical (unpaired) electrons.